The lowest BCUT2D eigenvalue weighted by molar-refractivity contribution is -0.150. The van der Waals surface area contributed by atoms with Crippen LogP contribution in [0.4, 0.5) is 0 Å². The Morgan fingerprint density at radius 2 is 2.00 bits per heavy atom. The van der Waals surface area contributed by atoms with Crippen LogP contribution >= 0.6 is 0 Å². The molecule has 0 saturated carbocycles. The Balaban J connectivity index is 2.44. The van der Waals surface area contributed by atoms with Gasteiger partial charge in [-0.25, -0.2) is 0 Å². The zero-order valence-corrected chi connectivity index (χ0v) is 13.8. The Hall–Kier alpha value is -1.55. The molecule has 0 fully saturated rings. The van der Waals surface area contributed by atoms with E-state index in [1.807, 2.05) is 26.0 Å². The van der Waals surface area contributed by atoms with Gasteiger partial charge in [0.25, 0.3) is 0 Å². The van der Waals surface area contributed by atoms with Crippen LogP contribution in [-0.2, 0) is 9.53 Å². The highest BCUT2D eigenvalue weighted by Gasteiger charge is 2.32. The SMILES string of the molecule is CCOC(=O)C(C)(CCCOc1ccc(C)c(C)c1)NC. The molecule has 0 saturated heterocycles. The highest BCUT2D eigenvalue weighted by molar-refractivity contribution is 5.80. The van der Waals surface area contributed by atoms with E-state index in [1.165, 1.54) is 11.1 Å². The van der Waals surface area contributed by atoms with Crippen molar-refractivity contribution in [3.05, 3.63) is 29.3 Å². The van der Waals surface area contributed by atoms with E-state index in [0.717, 1.165) is 12.2 Å². The summed E-state index contributed by atoms with van der Waals surface area (Å²) in [6, 6.07) is 6.07. The number of benzene rings is 1. The van der Waals surface area contributed by atoms with Gasteiger partial charge in [-0.05, 0) is 70.8 Å². The minimum Gasteiger partial charge on any atom is -0.494 e. The van der Waals surface area contributed by atoms with Crippen LogP contribution in [0.5, 0.6) is 5.75 Å². The van der Waals surface area contributed by atoms with Crippen molar-refractivity contribution >= 4 is 5.97 Å². The first-order valence-electron chi connectivity index (χ1n) is 7.49. The molecule has 1 atom stereocenters. The van der Waals surface area contributed by atoms with Gasteiger partial charge < -0.3 is 14.8 Å². The number of hydrogen-bond acceptors (Lipinski definition) is 4. The lowest BCUT2D eigenvalue weighted by Crippen LogP contribution is -2.48. The number of likely N-dealkylation sites (N-methyl/N-ethyl adjacent to an activating group) is 1. The zero-order valence-electron chi connectivity index (χ0n) is 13.8. The molecule has 0 heterocycles. The van der Waals surface area contributed by atoms with E-state index in [2.05, 4.69) is 25.2 Å². The average Bonchev–Trinajstić information content (AvgIpc) is 2.47. The third-order valence-corrected chi connectivity index (χ3v) is 3.85. The largest absolute Gasteiger partial charge is 0.494 e. The lowest BCUT2D eigenvalue weighted by Gasteiger charge is -2.26. The number of rotatable bonds is 8. The van der Waals surface area contributed by atoms with Gasteiger partial charge in [-0.1, -0.05) is 6.07 Å². The molecule has 0 aromatic heterocycles. The molecular weight excluding hydrogens is 266 g/mol. The molecule has 0 bridgehead atoms. The van der Waals surface area contributed by atoms with Crippen molar-refractivity contribution in [1.29, 1.82) is 0 Å². The Kier molecular flexibility index (Phi) is 6.69. The van der Waals surface area contributed by atoms with E-state index in [-0.39, 0.29) is 5.97 Å². The van der Waals surface area contributed by atoms with Gasteiger partial charge in [0, 0.05) is 0 Å². The first-order chi connectivity index (χ1) is 9.92. The van der Waals surface area contributed by atoms with E-state index in [9.17, 15) is 4.79 Å². The molecule has 118 valence electrons. The lowest BCUT2D eigenvalue weighted by atomic mass is 9.96. The number of aryl methyl sites for hydroxylation is 2. The number of esters is 1. The van der Waals surface area contributed by atoms with Crippen LogP contribution in [0.3, 0.4) is 0 Å². The molecule has 0 aliphatic carbocycles. The Labute approximate surface area is 127 Å². The molecule has 4 heteroatoms. The summed E-state index contributed by atoms with van der Waals surface area (Å²) in [5.74, 6) is 0.666. The average molecular weight is 293 g/mol. The zero-order chi connectivity index (χ0) is 15.9. The number of carbonyl (C=O) groups is 1. The highest BCUT2D eigenvalue weighted by Crippen LogP contribution is 2.18. The van der Waals surface area contributed by atoms with Gasteiger partial charge >= 0.3 is 5.97 Å². The first kappa shape index (κ1) is 17.5. The highest BCUT2D eigenvalue weighted by atomic mass is 16.5. The Bertz CT molecular complexity index is 473. The topological polar surface area (TPSA) is 47.6 Å². The van der Waals surface area contributed by atoms with E-state index in [1.54, 1.807) is 7.05 Å². The van der Waals surface area contributed by atoms with Gasteiger partial charge in [-0.15, -0.1) is 0 Å². The second kappa shape index (κ2) is 8.03. The van der Waals surface area contributed by atoms with Crippen molar-refractivity contribution in [3.63, 3.8) is 0 Å². The predicted octanol–water partition coefficient (Wildman–Crippen LogP) is 3.00. The Morgan fingerprint density at radius 1 is 1.29 bits per heavy atom. The van der Waals surface area contributed by atoms with E-state index >= 15 is 0 Å². The second-order valence-electron chi connectivity index (χ2n) is 5.50. The minimum absolute atomic E-state index is 0.210. The molecule has 0 aliphatic rings. The normalized spacial score (nSPS) is 13.6. The van der Waals surface area contributed by atoms with Crippen LogP contribution in [0, 0.1) is 13.8 Å². The monoisotopic (exact) mass is 293 g/mol. The smallest absolute Gasteiger partial charge is 0.326 e. The van der Waals surface area contributed by atoms with E-state index in [0.29, 0.717) is 19.6 Å². The van der Waals surface area contributed by atoms with Crippen LogP contribution < -0.4 is 10.1 Å². The predicted molar refractivity (Wildman–Crippen MR) is 84.7 cm³/mol. The summed E-state index contributed by atoms with van der Waals surface area (Å²) in [6.45, 7) is 8.81. The van der Waals surface area contributed by atoms with Crippen molar-refractivity contribution < 1.29 is 14.3 Å². The van der Waals surface area contributed by atoms with Crippen molar-refractivity contribution in [1.82, 2.24) is 5.32 Å². The number of hydrogen-bond donors (Lipinski definition) is 1. The van der Waals surface area contributed by atoms with Crippen LogP contribution in [0.25, 0.3) is 0 Å². The van der Waals surface area contributed by atoms with Gasteiger partial charge in [0.05, 0.1) is 13.2 Å². The van der Waals surface area contributed by atoms with Crippen molar-refractivity contribution in [2.24, 2.45) is 0 Å². The molecule has 0 radical (unpaired) electrons. The summed E-state index contributed by atoms with van der Waals surface area (Å²) >= 11 is 0. The molecule has 1 N–H and O–H groups in total. The third-order valence-electron chi connectivity index (χ3n) is 3.85. The van der Waals surface area contributed by atoms with Crippen LogP contribution in [0.1, 0.15) is 37.8 Å². The maximum Gasteiger partial charge on any atom is 0.326 e. The molecule has 0 spiro atoms. The molecule has 21 heavy (non-hydrogen) atoms. The fourth-order valence-corrected chi connectivity index (χ4v) is 2.04. The summed E-state index contributed by atoms with van der Waals surface area (Å²) in [5.41, 5.74) is 1.83. The van der Waals surface area contributed by atoms with Gasteiger partial charge in [0.15, 0.2) is 0 Å². The molecular formula is C17H27NO3. The molecule has 1 aromatic carbocycles. The van der Waals surface area contributed by atoms with E-state index < -0.39 is 5.54 Å². The van der Waals surface area contributed by atoms with E-state index in [4.69, 9.17) is 9.47 Å². The quantitative estimate of drug-likeness (QED) is 0.591. The summed E-state index contributed by atoms with van der Waals surface area (Å²) in [5, 5.41) is 3.05. The molecule has 1 aromatic rings. The van der Waals surface area contributed by atoms with Crippen LogP contribution in [-0.4, -0.2) is 31.8 Å². The van der Waals surface area contributed by atoms with Gasteiger partial charge in [-0.2, -0.15) is 0 Å². The summed E-state index contributed by atoms with van der Waals surface area (Å²) in [6.07, 6.45) is 1.45. The molecule has 0 aliphatic heterocycles. The van der Waals surface area contributed by atoms with Gasteiger partial charge in [0.1, 0.15) is 11.3 Å². The van der Waals surface area contributed by atoms with Crippen LogP contribution in [0.15, 0.2) is 18.2 Å². The number of ether oxygens (including phenoxy) is 2. The Morgan fingerprint density at radius 3 is 2.57 bits per heavy atom. The van der Waals surface area contributed by atoms with Crippen molar-refractivity contribution in [2.45, 2.75) is 46.1 Å². The van der Waals surface area contributed by atoms with Crippen molar-refractivity contribution in [3.8, 4) is 5.75 Å². The van der Waals surface area contributed by atoms with Gasteiger partial charge in [-0.3, -0.25) is 4.79 Å². The number of carbonyl (C=O) groups excluding carboxylic acids is 1. The maximum atomic E-state index is 11.9. The third kappa shape index (κ3) is 5.05. The second-order valence-corrected chi connectivity index (χ2v) is 5.50. The fourth-order valence-electron chi connectivity index (χ4n) is 2.04. The molecule has 1 rings (SSSR count). The first-order valence-corrected chi connectivity index (χ1v) is 7.49. The fraction of sp³-hybridized carbons (Fsp3) is 0.588. The molecule has 4 nitrogen and oxygen atoms in total. The van der Waals surface area contributed by atoms with Crippen molar-refractivity contribution in [2.75, 3.05) is 20.3 Å². The molecule has 1 unspecified atom stereocenters. The standard InChI is InChI=1S/C17H27NO3/c1-6-20-16(19)17(4,18-5)10-7-11-21-15-9-8-13(2)14(3)12-15/h8-9,12,18H,6-7,10-11H2,1-5H3. The minimum atomic E-state index is -0.650. The van der Waals surface area contributed by atoms with Gasteiger partial charge in [0.2, 0.25) is 0 Å². The number of nitrogens with one attached hydrogen (secondary N) is 1. The summed E-state index contributed by atoms with van der Waals surface area (Å²) in [4.78, 5) is 11.9. The van der Waals surface area contributed by atoms with Crippen LogP contribution in [0.2, 0.25) is 0 Å². The maximum absolute atomic E-state index is 11.9. The molecule has 0 amide bonds. The summed E-state index contributed by atoms with van der Waals surface area (Å²) in [7, 11) is 1.78. The summed E-state index contributed by atoms with van der Waals surface area (Å²) < 4.78 is 10.8.